The first-order valence-corrected chi connectivity index (χ1v) is 7.19. The van der Waals surface area contributed by atoms with Gasteiger partial charge in [0.1, 0.15) is 12.1 Å². The van der Waals surface area contributed by atoms with Crippen LogP contribution in [0.5, 0.6) is 0 Å². The van der Waals surface area contributed by atoms with Gasteiger partial charge < -0.3 is 11.1 Å². The SMILES string of the molecule is NC1CCC(C(=O)NCc2cccnc2-n2ccnc2)C1. The van der Waals surface area contributed by atoms with Crippen molar-refractivity contribution in [2.75, 3.05) is 0 Å². The minimum Gasteiger partial charge on any atom is -0.352 e. The van der Waals surface area contributed by atoms with Crippen molar-refractivity contribution in [3.05, 3.63) is 42.6 Å². The molecule has 0 aromatic carbocycles. The quantitative estimate of drug-likeness (QED) is 0.878. The van der Waals surface area contributed by atoms with Gasteiger partial charge in [-0.3, -0.25) is 9.36 Å². The summed E-state index contributed by atoms with van der Waals surface area (Å²) in [5, 5.41) is 3.00. The fourth-order valence-corrected chi connectivity index (χ4v) is 2.77. The number of carbonyl (C=O) groups excluding carboxylic acids is 1. The third-order valence-corrected chi connectivity index (χ3v) is 3.91. The number of hydrogen-bond acceptors (Lipinski definition) is 4. The van der Waals surface area contributed by atoms with Gasteiger partial charge in [-0.05, 0) is 25.3 Å². The highest BCUT2D eigenvalue weighted by atomic mass is 16.1. The fraction of sp³-hybridized carbons (Fsp3) is 0.400. The third-order valence-electron chi connectivity index (χ3n) is 3.91. The van der Waals surface area contributed by atoms with Crippen LogP contribution in [0.1, 0.15) is 24.8 Å². The molecule has 2 heterocycles. The highest BCUT2D eigenvalue weighted by Crippen LogP contribution is 2.24. The number of hydrogen-bond donors (Lipinski definition) is 2. The second kappa shape index (κ2) is 6.05. The number of imidazole rings is 1. The Morgan fingerprint density at radius 3 is 3.05 bits per heavy atom. The Hall–Kier alpha value is -2.21. The first-order chi connectivity index (χ1) is 10.2. The van der Waals surface area contributed by atoms with Gasteiger partial charge in [0.15, 0.2) is 0 Å². The second-order valence-corrected chi connectivity index (χ2v) is 5.44. The molecule has 1 amide bonds. The van der Waals surface area contributed by atoms with Crippen LogP contribution in [0.3, 0.4) is 0 Å². The second-order valence-electron chi connectivity index (χ2n) is 5.44. The lowest BCUT2D eigenvalue weighted by atomic mass is 10.1. The number of nitrogens with one attached hydrogen (secondary N) is 1. The van der Waals surface area contributed by atoms with Gasteiger partial charge in [-0.15, -0.1) is 0 Å². The first kappa shape index (κ1) is 13.8. The Bertz CT molecular complexity index is 610. The van der Waals surface area contributed by atoms with Gasteiger partial charge in [0.25, 0.3) is 0 Å². The van der Waals surface area contributed by atoms with Crippen molar-refractivity contribution in [3.8, 4) is 5.82 Å². The maximum atomic E-state index is 12.2. The maximum Gasteiger partial charge on any atom is 0.223 e. The third kappa shape index (κ3) is 3.11. The highest BCUT2D eigenvalue weighted by molar-refractivity contribution is 5.79. The van der Waals surface area contributed by atoms with Crippen LogP contribution in [0.2, 0.25) is 0 Å². The van der Waals surface area contributed by atoms with Crippen LogP contribution >= 0.6 is 0 Å². The number of carbonyl (C=O) groups is 1. The van der Waals surface area contributed by atoms with Crippen molar-refractivity contribution in [2.24, 2.45) is 11.7 Å². The predicted octanol–water partition coefficient (Wildman–Crippen LogP) is 1.01. The van der Waals surface area contributed by atoms with E-state index in [1.165, 1.54) is 0 Å². The lowest BCUT2D eigenvalue weighted by molar-refractivity contribution is -0.125. The van der Waals surface area contributed by atoms with Crippen molar-refractivity contribution in [1.29, 1.82) is 0 Å². The van der Waals surface area contributed by atoms with Gasteiger partial charge in [-0.2, -0.15) is 0 Å². The molecular formula is C15H19N5O. The molecule has 1 aliphatic rings. The molecular weight excluding hydrogens is 266 g/mol. The molecule has 110 valence electrons. The normalized spacial score (nSPS) is 21.4. The summed E-state index contributed by atoms with van der Waals surface area (Å²) in [6.45, 7) is 0.464. The van der Waals surface area contributed by atoms with Crippen molar-refractivity contribution in [3.63, 3.8) is 0 Å². The molecule has 21 heavy (non-hydrogen) atoms. The molecule has 0 aliphatic heterocycles. The van der Waals surface area contributed by atoms with Crippen LogP contribution in [-0.2, 0) is 11.3 Å². The van der Waals surface area contributed by atoms with E-state index in [9.17, 15) is 4.79 Å². The summed E-state index contributed by atoms with van der Waals surface area (Å²) in [7, 11) is 0. The van der Waals surface area contributed by atoms with Crippen molar-refractivity contribution in [1.82, 2.24) is 19.9 Å². The molecule has 0 bridgehead atoms. The summed E-state index contributed by atoms with van der Waals surface area (Å²) in [6.07, 6.45) is 9.58. The fourth-order valence-electron chi connectivity index (χ4n) is 2.77. The molecule has 1 fully saturated rings. The maximum absolute atomic E-state index is 12.2. The van der Waals surface area contributed by atoms with Gasteiger partial charge >= 0.3 is 0 Å². The minimum absolute atomic E-state index is 0.0494. The monoisotopic (exact) mass is 285 g/mol. The smallest absolute Gasteiger partial charge is 0.223 e. The number of rotatable bonds is 4. The predicted molar refractivity (Wildman–Crippen MR) is 78.5 cm³/mol. The zero-order valence-electron chi connectivity index (χ0n) is 11.8. The molecule has 2 atom stereocenters. The average molecular weight is 285 g/mol. The number of aromatic nitrogens is 3. The van der Waals surface area contributed by atoms with Crippen LogP contribution in [-0.4, -0.2) is 26.5 Å². The van der Waals surface area contributed by atoms with E-state index in [1.54, 1.807) is 18.7 Å². The van der Waals surface area contributed by atoms with Crippen LogP contribution in [0, 0.1) is 5.92 Å². The molecule has 0 saturated heterocycles. The van der Waals surface area contributed by atoms with E-state index in [-0.39, 0.29) is 17.9 Å². The van der Waals surface area contributed by atoms with Crippen molar-refractivity contribution < 1.29 is 4.79 Å². The summed E-state index contributed by atoms with van der Waals surface area (Å²) in [5.41, 5.74) is 6.82. The van der Waals surface area contributed by atoms with Gasteiger partial charge in [-0.1, -0.05) is 6.07 Å². The molecule has 1 saturated carbocycles. The molecule has 2 aromatic heterocycles. The van der Waals surface area contributed by atoms with Crippen LogP contribution in [0.25, 0.3) is 5.82 Å². The zero-order chi connectivity index (χ0) is 14.7. The number of amides is 1. The Kier molecular flexibility index (Phi) is 3.96. The zero-order valence-corrected chi connectivity index (χ0v) is 11.8. The van der Waals surface area contributed by atoms with E-state index >= 15 is 0 Å². The molecule has 3 N–H and O–H groups in total. The van der Waals surface area contributed by atoms with Crippen LogP contribution in [0.15, 0.2) is 37.1 Å². The lowest BCUT2D eigenvalue weighted by Crippen LogP contribution is -2.30. The molecule has 2 unspecified atom stereocenters. The van der Waals surface area contributed by atoms with Gasteiger partial charge in [0, 0.05) is 42.7 Å². The van der Waals surface area contributed by atoms with Crippen molar-refractivity contribution >= 4 is 5.91 Å². The first-order valence-electron chi connectivity index (χ1n) is 7.19. The summed E-state index contributed by atoms with van der Waals surface area (Å²) < 4.78 is 1.84. The molecule has 6 nitrogen and oxygen atoms in total. The Labute approximate surface area is 123 Å². The molecule has 6 heteroatoms. The summed E-state index contributed by atoms with van der Waals surface area (Å²) in [5.74, 6) is 0.926. The minimum atomic E-state index is 0.0494. The average Bonchev–Trinajstić information content (AvgIpc) is 3.16. The van der Waals surface area contributed by atoms with Gasteiger partial charge in [0.2, 0.25) is 5.91 Å². The van der Waals surface area contributed by atoms with E-state index in [0.29, 0.717) is 6.54 Å². The number of nitrogens with two attached hydrogens (primary N) is 1. The lowest BCUT2D eigenvalue weighted by Gasteiger charge is -2.13. The van der Waals surface area contributed by atoms with Crippen molar-refractivity contribution in [2.45, 2.75) is 31.8 Å². The van der Waals surface area contributed by atoms with E-state index < -0.39 is 0 Å². The summed E-state index contributed by atoms with van der Waals surface area (Å²) >= 11 is 0. The summed E-state index contributed by atoms with van der Waals surface area (Å²) in [6, 6.07) is 4.00. The molecule has 1 aliphatic carbocycles. The Balaban J connectivity index is 1.67. The van der Waals surface area contributed by atoms with E-state index in [2.05, 4.69) is 15.3 Å². The van der Waals surface area contributed by atoms with Crippen LogP contribution in [0.4, 0.5) is 0 Å². The summed E-state index contributed by atoms with van der Waals surface area (Å²) in [4.78, 5) is 20.5. The number of nitrogens with zero attached hydrogens (tertiary/aromatic N) is 3. The highest BCUT2D eigenvalue weighted by Gasteiger charge is 2.27. The molecule has 0 radical (unpaired) electrons. The van der Waals surface area contributed by atoms with Gasteiger partial charge in [0.05, 0.1) is 0 Å². The Morgan fingerprint density at radius 1 is 1.43 bits per heavy atom. The van der Waals surface area contributed by atoms with E-state index in [1.807, 2.05) is 22.9 Å². The molecule has 2 aromatic rings. The van der Waals surface area contributed by atoms with Crippen LogP contribution < -0.4 is 11.1 Å². The topological polar surface area (TPSA) is 85.8 Å². The standard InChI is InChI=1S/C15H19N5O/c16-13-4-3-11(8-13)15(21)19-9-12-2-1-5-18-14(12)20-7-6-17-10-20/h1-2,5-7,10-11,13H,3-4,8-9,16H2,(H,19,21). The Morgan fingerprint density at radius 2 is 2.33 bits per heavy atom. The van der Waals surface area contributed by atoms with E-state index in [0.717, 1.165) is 30.6 Å². The van der Waals surface area contributed by atoms with E-state index in [4.69, 9.17) is 5.73 Å². The van der Waals surface area contributed by atoms with Gasteiger partial charge in [-0.25, -0.2) is 9.97 Å². The molecule has 3 rings (SSSR count). The number of pyridine rings is 1. The molecule has 0 spiro atoms. The largest absolute Gasteiger partial charge is 0.352 e.